The number of hydrogen-bond acceptors (Lipinski definition) is 5. The van der Waals surface area contributed by atoms with Crippen LogP contribution in [0.4, 0.5) is 11.4 Å². The Morgan fingerprint density at radius 1 is 0.800 bits per heavy atom. The molecule has 0 spiro atoms. The van der Waals surface area contributed by atoms with Gasteiger partial charge in [0.05, 0.1) is 33.8 Å². The Morgan fingerprint density at radius 2 is 1.49 bits per heavy atom. The number of benzene rings is 1. The number of nitrogens with two attached hydrogens (primary N) is 3. The number of aromatic amines is 2. The van der Waals surface area contributed by atoms with Crippen molar-refractivity contribution in [3.63, 3.8) is 0 Å². The molecule has 6 rings (SSSR count). The molecule has 9 heteroatoms. The average molecular weight is 512 g/mol. The molecule has 0 aliphatic carbocycles. The molecule has 0 saturated heterocycles. The summed E-state index contributed by atoms with van der Waals surface area (Å²) in [4.78, 5) is 11.3. The van der Waals surface area contributed by atoms with Gasteiger partial charge in [0.2, 0.25) is 0 Å². The van der Waals surface area contributed by atoms with Crippen molar-refractivity contribution in [3.8, 4) is 11.1 Å². The molecule has 0 atom stereocenters. The number of hydrogen-bond donors (Lipinski definition) is 6. The van der Waals surface area contributed by atoms with Crippen LogP contribution in [0.2, 0.25) is 0 Å². The molecule has 0 saturated carbocycles. The summed E-state index contributed by atoms with van der Waals surface area (Å²) in [6.07, 6.45) is 3.88. The maximum atomic E-state index is 8.97. The zero-order valence-corrected chi connectivity index (χ0v) is 21.8. The third-order valence-electron chi connectivity index (χ3n) is 6.01. The molecule has 168 valence electrons. The summed E-state index contributed by atoms with van der Waals surface area (Å²) in [7, 11) is 0. The number of rotatable bonds is 1. The Hall–Kier alpha value is -4.36. The van der Waals surface area contributed by atoms with E-state index in [4.69, 9.17) is 27.7 Å². The van der Waals surface area contributed by atoms with Crippen LogP contribution < -0.4 is 22.7 Å². The first-order chi connectivity index (χ1) is 16.5. The zero-order valence-electron chi connectivity index (χ0n) is 18.8. The summed E-state index contributed by atoms with van der Waals surface area (Å²) in [5.74, 6) is 6.59. The van der Waals surface area contributed by atoms with Gasteiger partial charge < -0.3 is 27.3 Å². The van der Waals surface area contributed by atoms with Gasteiger partial charge in [-0.25, -0.2) is 4.98 Å². The molecular weight excluding hydrogens is 490 g/mol. The summed E-state index contributed by atoms with van der Waals surface area (Å²) in [5, 5.41) is 9.08. The van der Waals surface area contributed by atoms with Crippen molar-refractivity contribution in [1.82, 2.24) is 19.6 Å². The van der Waals surface area contributed by atoms with E-state index in [9.17, 15) is 0 Å². The van der Waals surface area contributed by atoms with Crippen molar-refractivity contribution in [3.05, 3.63) is 83.5 Å². The van der Waals surface area contributed by atoms with Crippen molar-refractivity contribution < 1.29 is 19.5 Å². The summed E-state index contributed by atoms with van der Waals surface area (Å²) < 4.78 is 1.45. The standard InChI is InChI=1S/C26H22N8.Zn/c27-20-12-19-11-17-7-6-15(31-17)10-16-8-9-18(32-16)13-21-22(14-4-2-1-3-5-14)23(28)26(34(21)30)24(29)25(20)33-19;/h1-13,29,31,33H,27-28,30H2;. The van der Waals surface area contributed by atoms with Crippen LogP contribution in [0.25, 0.3) is 56.4 Å². The smallest absolute Gasteiger partial charge is 0.113 e. The fourth-order valence-electron chi connectivity index (χ4n) is 4.45. The third-order valence-corrected chi connectivity index (χ3v) is 6.01. The minimum Gasteiger partial charge on any atom is -0.397 e. The monoisotopic (exact) mass is 510 g/mol. The number of nitrogens with one attached hydrogen (secondary N) is 3. The van der Waals surface area contributed by atoms with Crippen LogP contribution in [0.3, 0.4) is 0 Å². The number of nitrogens with zero attached hydrogens (tertiary/aromatic N) is 2. The van der Waals surface area contributed by atoms with Gasteiger partial charge in [0.15, 0.2) is 0 Å². The van der Waals surface area contributed by atoms with Gasteiger partial charge in [-0.2, -0.15) is 0 Å². The molecule has 1 aliphatic rings. The van der Waals surface area contributed by atoms with Crippen LogP contribution in [0.15, 0.2) is 66.7 Å². The Kier molecular flexibility index (Phi) is 5.42. The predicted octanol–water partition coefficient (Wildman–Crippen LogP) is 4.19. The molecule has 9 N–H and O–H groups in total. The van der Waals surface area contributed by atoms with Crippen molar-refractivity contribution in [2.45, 2.75) is 0 Å². The van der Waals surface area contributed by atoms with Crippen LogP contribution in [0.5, 0.6) is 0 Å². The van der Waals surface area contributed by atoms with Gasteiger partial charge >= 0.3 is 0 Å². The Labute approximate surface area is 212 Å². The zero-order chi connectivity index (χ0) is 23.4. The predicted molar refractivity (Wildman–Crippen MR) is 139 cm³/mol. The van der Waals surface area contributed by atoms with Crippen LogP contribution in [-0.2, 0) is 19.5 Å². The van der Waals surface area contributed by atoms with E-state index in [0.29, 0.717) is 27.9 Å². The molecule has 5 aromatic rings. The van der Waals surface area contributed by atoms with Crippen molar-refractivity contribution in [2.24, 2.45) is 0 Å². The molecule has 1 aliphatic heterocycles. The molecular formula is C26H22N8Zn. The van der Waals surface area contributed by atoms with Gasteiger partial charge in [-0.1, -0.05) is 30.3 Å². The van der Waals surface area contributed by atoms with Gasteiger partial charge in [0, 0.05) is 41.6 Å². The van der Waals surface area contributed by atoms with E-state index < -0.39 is 0 Å². The number of anilines is 2. The molecule has 35 heavy (non-hydrogen) atoms. The minimum absolute atomic E-state index is 0. The Bertz CT molecular complexity index is 1810. The van der Waals surface area contributed by atoms with E-state index in [0.717, 1.165) is 39.1 Å². The second-order valence-electron chi connectivity index (χ2n) is 8.29. The number of fused-ring (bicyclic) bond motifs is 8. The van der Waals surface area contributed by atoms with E-state index in [1.807, 2.05) is 72.8 Å². The van der Waals surface area contributed by atoms with E-state index in [-0.39, 0.29) is 24.8 Å². The Balaban J connectivity index is 0.00000253. The third kappa shape index (κ3) is 3.76. The van der Waals surface area contributed by atoms with Crippen LogP contribution in [0, 0.1) is 5.41 Å². The fourth-order valence-corrected chi connectivity index (χ4v) is 4.45. The van der Waals surface area contributed by atoms with Gasteiger partial charge in [-0.3, -0.25) is 10.1 Å². The molecule has 4 aromatic heterocycles. The van der Waals surface area contributed by atoms with Gasteiger partial charge in [-0.05, 0) is 54.1 Å². The van der Waals surface area contributed by atoms with Crippen LogP contribution >= 0.6 is 0 Å². The van der Waals surface area contributed by atoms with Gasteiger partial charge in [0.25, 0.3) is 0 Å². The maximum Gasteiger partial charge on any atom is 0.113 e. The van der Waals surface area contributed by atoms with E-state index in [1.165, 1.54) is 4.68 Å². The van der Waals surface area contributed by atoms with Gasteiger partial charge in [0.1, 0.15) is 10.9 Å². The molecule has 1 aromatic carbocycles. The molecule has 0 radical (unpaired) electrons. The quantitative estimate of drug-likeness (QED) is 0.145. The fraction of sp³-hybridized carbons (Fsp3) is 0. The topological polar surface area (TPSA) is 151 Å². The molecule has 0 fully saturated rings. The Morgan fingerprint density at radius 3 is 2.23 bits per heavy atom. The second kappa shape index (κ2) is 8.45. The first-order valence-electron chi connectivity index (χ1n) is 10.8. The first kappa shape index (κ1) is 22.4. The minimum atomic E-state index is 0. The number of H-pyrrole nitrogens is 2. The number of aromatic nitrogens is 4. The number of nitrogen functional groups attached to an aromatic ring is 3. The SMILES string of the molecule is N=c1c2[nH]c(cc2N)cc2ccc(cc3nc(cc4c(-c5ccccc5)c(N)c1n4N)C=C3)[nH]2.[Zn]. The van der Waals surface area contributed by atoms with E-state index in [1.54, 1.807) is 6.07 Å². The molecule has 8 bridgehead atoms. The molecule has 5 heterocycles. The second-order valence-corrected chi connectivity index (χ2v) is 8.29. The van der Waals surface area contributed by atoms with E-state index in [2.05, 4.69) is 9.97 Å². The van der Waals surface area contributed by atoms with Crippen LogP contribution in [-0.4, -0.2) is 19.6 Å². The first-order valence-corrected chi connectivity index (χ1v) is 10.8. The summed E-state index contributed by atoms with van der Waals surface area (Å²) in [6, 6.07) is 21.3. The summed E-state index contributed by atoms with van der Waals surface area (Å²) >= 11 is 0. The van der Waals surface area contributed by atoms with Crippen molar-refractivity contribution in [2.75, 3.05) is 17.3 Å². The van der Waals surface area contributed by atoms with Crippen LogP contribution in [0.1, 0.15) is 11.4 Å². The maximum absolute atomic E-state index is 8.97. The molecule has 8 nitrogen and oxygen atoms in total. The van der Waals surface area contributed by atoms with Gasteiger partial charge in [-0.15, -0.1) is 0 Å². The molecule has 0 unspecified atom stereocenters. The van der Waals surface area contributed by atoms with Crippen molar-refractivity contribution >= 4 is 56.6 Å². The largest absolute Gasteiger partial charge is 0.397 e. The summed E-state index contributed by atoms with van der Waals surface area (Å²) in [5.41, 5.74) is 21.0. The van der Waals surface area contributed by atoms with E-state index >= 15 is 0 Å². The molecule has 0 amide bonds. The normalized spacial score (nSPS) is 11.5. The summed E-state index contributed by atoms with van der Waals surface area (Å²) in [6.45, 7) is 0. The average Bonchev–Trinajstić information content (AvgIpc) is 3.58. The van der Waals surface area contributed by atoms with Crippen molar-refractivity contribution in [1.29, 1.82) is 5.41 Å².